The number of hydrogen-bond acceptors (Lipinski definition) is 5. The monoisotopic (exact) mass is 193 g/mol. The van der Waals surface area contributed by atoms with Crippen molar-refractivity contribution in [2.24, 2.45) is 0 Å². The van der Waals surface area contributed by atoms with Crippen LogP contribution in [-0.2, 0) is 11.3 Å². The van der Waals surface area contributed by atoms with Gasteiger partial charge in [0.15, 0.2) is 0 Å². The summed E-state index contributed by atoms with van der Waals surface area (Å²) in [5, 5.41) is 14.8. The summed E-state index contributed by atoms with van der Waals surface area (Å²) in [4.78, 5) is 14.4. The standard InChI is InChI=1S/C7H7N5O2/c8-1-6-10-4-12(11-6)3-5-2-9-7(13)14-5/h4-5H,2-3H2,(H,9,13). The normalized spacial score (nSPS) is 19.9. The Morgan fingerprint density at radius 1 is 1.86 bits per heavy atom. The van der Waals surface area contributed by atoms with E-state index < -0.39 is 6.09 Å². The highest BCUT2D eigenvalue weighted by Crippen LogP contribution is 2.02. The molecule has 0 spiro atoms. The Morgan fingerprint density at radius 3 is 3.29 bits per heavy atom. The molecule has 1 saturated heterocycles. The third kappa shape index (κ3) is 1.64. The van der Waals surface area contributed by atoms with E-state index in [-0.39, 0.29) is 11.9 Å². The number of rotatable bonds is 2. The number of carbonyl (C=O) groups excluding carboxylic acids is 1. The number of alkyl carbamates (subject to hydrolysis) is 1. The first kappa shape index (κ1) is 8.50. The van der Waals surface area contributed by atoms with E-state index in [1.54, 1.807) is 0 Å². The van der Waals surface area contributed by atoms with Gasteiger partial charge in [-0.1, -0.05) is 0 Å². The number of amides is 1. The minimum Gasteiger partial charge on any atom is -0.442 e. The fraction of sp³-hybridized carbons (Fsp3) is 0.429. The Morgan fingerprint density at radius 2 is 2.71 bits per heavy atom. The van der Waals surface area contributed by atoms with Gasteiger partial charge in [-0.05, 0) is 0 Å². The Balaban J connectivity index is 1.98. The molecule has 1 atom stereocenters. The number of ether oxygens (including phenoxy) is 1. The summed E-state index contributed by atoms with van der Waals surface area (Å²) in [5.74, 6) is 0.113. The summed E-state index contributed by atoms with van der Waals surface area (Å²) in [6.45, 7) is 0.869. The molecule has 1 fully saturated rings. The van der Waals surface area contributed by atoms with Crippen molar-refractivity contribution in [2.75, 3.05) is 6.54 Å². The van der Waals surface area contributed by atoms with Crippen molar-refractivity contribution < 1.29 is 9.53 Å². The van der Waals surface area contributed by atoms with Gasteiger partial charge in [-0.25, -0.2) is 14.5 Å². The van der Waals surface area contributed by atoms with Crippen LogP contribution in [0.1, 0.15) is 5.82 Å². The molecule has 72 valence electrons. The first-order chi connectivity index (χ1) is 6.78. The number of carbonyl (C=O) groups is 1. The van der Waals surface area contributed by atoms with E-state index in [0.717, 1.165) is 0 Å². The van der Waals surface area contributed by atoms with E-state index in [2.05, 4.69) is 15.4 Å². The van der Waals surface area contributed by atoms with Crippen molar-refractivity contribution in [2.45, 2.75) is 12.6 Å². The van der Waals surface area contributed by atoms with Crippen molar-refractivity contribution in [3.8, 4) is 6.07 Å². The van der Waals surface area contributed by atoms with Crippen LogP contribution < -0.4 is 5.32 Å². The molecule has 7 nitrogen and oxygen atoms in total. The number of hydrogen-bond donors (Lipinski definition) is 1. The minimum absolute atomic E-state index is 0.113. The van der Waals surface area contributed by atoms with E-state index in [4.69, 9.17) is 10.00 Å². The molecule has 0 saturated carbocycles. The average Bonchev–Trinajstić information content (AvgIpc) is 2.76. The third-order valence-electron chi connectivity index (χ3n) is 1.77. The fourth-order valence-electron chi connectivity index (χ4n) is 1.18. The predicted molar refractivity (Wildman–Crippen MR) is 43.0 cm³/mol. The number of nitriles is 1. The maximum absolute atomic E-state index is 10.7. The second-order valence-electron chi connectivity index (χ2n) is 2.81. The van der Waals surface area contributed by atoms with Gasteiger partial charge in [-0.15, -0.1) is 5.10 Å². The van der Waals surface area contributed by atoms with Crippen LogP contribution in [0, 0.1) is 11.3 Å². The largest absolute Gasteiger partial charge is 0.442 e. The van der Waals surface area contributed by atoms with Crippen molar-refractivity contribution in [1.82, 2.24) is 20.1 Å². The minimum atomic E-state index is -0.421. The smallest absolute Gasteiger partial charge is 0.407 e. The molecular formula is C7H7N5O2. The molecule has 2 rings (SSSR count). The quantitative estimate of drug-likeness (QED) is 0.667. The van der Waals surface area contributed by atoms with Crippen LogP contribution in [0.2, 0.25) is 0 Å². The molecule has 1 unspecified atom stereocenters. The first-order valence-electron chi connectivity index (χ1n) is 4.02. The second kappa shape index (κ2) is 3.33. The molecular weight excluding hydrogens is 186 g/mol. The average molecular weight is 193 g/mol. The number of aromatic nitrogens is 3. The van der Waals surface area contributed by atoms with Gasteiger partial charge >= 0.3 is 6.09 Å². The van der Waals surface area contributed by atoms with Gasteiger partial charge in [0.1, 0.15) is 18.5 Å². The zero-order valence-electron chi connectivity index (χ0n) is 7.17. The summed E-state index contributed by atoms with van der Waals surface area (Å²) in [5.41, 5.74) is 0. The Labute approximate surface area is 79.3 Å². The van der Waals surface area contributed by atoms with E-state index in [1.807, 2.05) is 6.07 Å². The predicted octanol–water partition coefficient (Wildman–Crippen LogP) is -0.742. The summed E-state index contributed by atoms with van der Waals surface area (Å²) in [7, 11) is 0. The molecule has 2 heterocycles. The highest BCUT2D eigenvalue weighted by molar-refractivity contribution is 5.69. The molecule has 0 radical (unpaired) electrons. The van der Waals surface area contributed by atoms with Gasteiger partial charge < -0.3 is 10.1 Å². The molecule has 14 heavy (non-hydrogen) atoms. The molecule has 7 heteroatoms. The molecule has 0 aromatic carbocycles. The molecule has 1 amide bonds. The lowest BCUT2D eigenvalue weighted by atomic mass is 10.4. The Bertz CT molecular complexity index is 393. The summed E-state index contributed by atoms with van der Waals surface area (Å²) in [6, 6.07) is 1.81. The molecule has 1 aliphatic heterocycles. The van der Waals surface area contributed by atoms with Gasteiger partial charge in [-0.3, -0.25) is 0 Å². The van der Waals surface area contributed by atoms with E-state index in [9.17, 15) is 4.79 Å². The molecule has 0 bridgehead atoms. The lowest BCUT2D eigenvalue weighted by Gasteiger charge is -2.05. The maximum atomic E-state index is 10.7. The maximum Gasteiger partial charge on any atom is 0.407 e. The SMILES string of the molecule is N#Cc1ncn(CC2CNC(=O)O2)n1. The summed E-state index contributed by atoms with van der Waals surface area (Å²) in [6.07, 6.45) is 0.774. The number of cyclic esters (lactones) is 1. The highest BCUT2D eigenvalue weighted by atomic mass is 16.6. The van der Waals surface area contributed by atoms with Crippen LogP contribution in [0.25, 0.3) is 0 Å². The van der Waals surface area contributed by atoms with Crippen molar-refractivity contribution in [3.63, 3.8) is 0 Å². The molecule has 0 aliphatic carbocycles. The lowest BCUT2D eigenvalue weighted by molar-refractivity contribution is 0.128. The molecule has 1 N–H and O–H groups in total. The van der Waals surface area contributed by atoms with Gasteiger partial charge in [-0.2, -0.15) is 5.26 Å². The van der Waals surface area contributed by atoms with Crippen LogP contribution in [0.15, 0.2) is 6.33 Å². The number of nitrogens with one attached hydrogen (secondary N) is 1. The molecule has 1 aromatic heterocycles. The first-order valence-corrected chi connectivity index (χ1v) is 4.02. The summed E-state index contributed by atoms with van der Waals surface area (Å²) < 4.78 is 6.36. The topological polar surface area (TPSA) is 92.8 Å². The lowest BCUT2D eigenvalue weighted by Crippen LogP contribution is -2.20. The van der Waals surface area contributed by atoms with Gasteiger partial charge in [0.25, 0.3) is 5.82 Å². The van der Waals surface area contributed by atoms with Crippen LogP contribution in [0.4, 0.5) is 4.79 Å². The molecule has 1 aliphatic rings. The van der Waals surface area contributed by atoms with Crippen LogP contribution in [0.3, 0.4) is 0 Å². The molecule has 1 aromatic rings. The van der Waals surface area contributed by atoms with Crippen LogP contribution in [-0.4, -0.2) is 33.5 Å². The van der Waals surface area contributed by atoms with Crippen molar-refractivity contribution in [1.29, 1.82) is 5.26 Å². The third-order valence-corrected chi connectivity index (χ3v) is 1.77. The Hall–Kier alpha value is -2.10. The van der Waals surface area contributed by atoms with Crippen LogP contribution >= 0.6 is 0 Å². The van der Waals surface area contributed by atoms with E-state index in [0.29, 0.717) is 13.1 Å². The zero-order valence-corrected chi connectivity index (χ0v) is 7.17. The van der Waals surface area contributed by atoms with Gasteiger partial charge in [0, 0.05) is 0 Å². The highest BCUT2D eigenvalue weighted by Gasteiger charge is 2.23. The van der Waals surface area contributed by atoms with Crippen molar-refractivity contribution >= 4 is 6.09 Å². The van der Waals surface area contributed by atoms with E-state index >= 15 is 0 Å². The number of nitrogens with zero attached hydrogens (tertiary/aromatic N) is 4. The fourth-order valence-corrected chi connectivity index (χ4v) is 1.18. The zero-order chi connectivity index (χ0) is 9.97. The van der Waals surface area contributed by atoms with Crippen LogP contribution in [0.5, 0.6) is 0 Å². The van der Waals surface area contributed by atoms with Gasteiger partial charge in [0.2, 0.25) is 0 Å². The summed E-state index contributed by atoms with van der Waals surface area (Å²) >= 11 is 0. The second-order valence-corrected chi connectivity index (χ2v) is 2.81. The Kier molecular flexibility index (Phi) is 2.02. The van der Waals surface area contributed by atoms with E-state index in [1.165, 1.54) is 11.0 Å². The van der Waals surface area contributed by atoms with Gasteiger partial charge in [0.05, 0.1) is 13.1 Å². The van der Waals surface area contributed by atoms with Crippen molar-refractivity contribution in [3.05, 3.63) is 12.2 Å².